The molecule has 5 heteroatoms. The lowest BCUT2D eigenvalue weighted by Crippen LogP contribution is -2.08. The number of carbonyl (C=O) groups excluding carboxylic acids is 1. The SMILES string of the molecule is COC(=O)c1c2cccnc2nn1C. The summed E-state index contributed by atoms with van der Waals surface area (Å²) >= 11 is 0. The number of ether oxygens (including phenoxy) is 1. The summed E-state index contributed by atoms with van der Waals surface area (Å²) in [6.45, 7) is 0. The third-order valence-electron chi connectivity index (χ3n) is 1.99. The van der Waals surface area contributed by atoms with Crippen molar-refractivity contribution < 1.29 is 9.53 Å². The van der Waals surface area contributed by atoms with Crippen LogP contribution in [0.15, 0.2) is 18.3 Å². The number of hydrogen-bond donors (Lipinski definition) is 0. The molecule has 2 aromatic heterocycles. The zero-order chi connectivity index (χ0) is 10.1. The van der Waals surface area contributed by atoms with Gasteiger partial charge in [-0.15, -0.1) is 0 Å². The molecule has 2 aromatic rings. The van der Waals surface area contributed by atoms with E-state index in [0.29, 0.717) is 16.7 Å². The van der Waals surface area contributed by atoms with Gasteiger partial charge >= 0.3 is 5.97 Å². The standard InChI is InChI=1S/C9H9N3O2/c1-12-7(9(13)14-2)6-4-3-5-10-8(6)11-12/h3-5H,1-2H3. The first kappa shape index (κ1) is 8.68. The third-order valence-corrected chi connectivity index (χ3v) is 1.99. The van der Waals surface area contributed by atoms with Crippen LogP contribution in [0.5, 0.6) is 0 Å². The summed E-state index contributed by atoms with van der Waals surface area (Å²) in [4.78, 5) is 15.4. The predicted octanol–water partition coefficient (Wildman–Crippen LogP) is 0.755. The Morgan fingerprint density at radius 1 is 1.57 bits per heavy atom. The van der Waals surface area contributed by atoms with E-state index in [-0.39, 0.29) is 0 Å². The lowest BCUT2D eigenvalue weighted by Gasteiger charge is -1.98. The molecule has 0 N–H and O–H groups in total. The summed E-state index contributed by atoms with van der Waals surface area (Å²) in [5.74, 6) is -0.400. The van der Waals surface area contributed by atoms with E-state index in [1.165, 1.54) is 11.8 Å². The molecule has 0 atom stereocenters. The second-order valence-corrected chi connectivity index (χ2v) is 2.84. The second kappa shape index (κ2) is 3.10. The van der Waals surface area contributed by atoms with Gasteiger partial charge in [0.25, 0.3) is 0 Å². The van der Waals surface area contributed by atoms with Crippen LogP contribution < -0.4 is 0 Å². The Morgan fingerprint density at radius 3 is 3.07 bits per heavy atom. The van der Waals surface area contributed by atoms with E-state index in [0.717, 1.165) is 0 Å². The lowest BCUT2D eigenvalue weighted by atomic mass is 10.2. The average molecular weight is 191 g/mol. The molecule has 0 aromatic carbocycles. The second-order valence-electron chi connectivity index (χ2n) is 2.84. The summed E-state index contributed by atoms with van der Waals surface area (Å²) in [7, 11) is 3.03. The zero-order valence-electron chi connectivity index (χ0n) is 7.89. The molecule has 0 aliphatic rings. The minimum absolute atomic E-state index is 0.400. The van der Waals surface area contributed by atoms with E-state index in [1.54, 1.807) is 25.4 Å². The highest BCUT2D eigenvalue weighted by Gasteiger charge is 2.16. The molecule has 0 aliphatic carbocycles. The van der Waals surface area contributed by atoms with Crippen LogP contribution in [0, 0.1) is 0 Å². The van der Waals surface area contributed by atoms with E-state index in [2.05, 4.69) is 14.8 Å². The fraction of sp³-hybridized carbons (Fsp3) is 0.222. The minimum Gasteiger partial charge on any atom is -0.464 e. The number of esters is 1. The van der Waals surface area contributed by atoms with Crippen LogP contribution >= 0.6 is 0 Å². The van der Waals surface area contributed by atoms with Gasteiger partial charge in [-0.05, 0) is 12.1 Å². The van der Waals surface area contributed by atoms with Crippen molar-refractivity contribution in [3.05, 3.63) is 24.0 Å². The molecule has 0 amide bonds. The first-order valence-corrected chi connectivity index (χ1v) is 4.10. The summed E-state index contributed by atoms with van der Waals surface area (Å²) in [5, 5.41) is 4.80. The first-order valence-electron chi connectivity index (χ1n) is 4.10. The Hall–Kier alpha value is -1.91. The molecule has 0 aliphatic heterocycles. The monoisotopic (exact) mass is 191 g/mol. The minimum atomic E-state index is -0.400. The summed E-state index contributed by atoms with van der Waals surface area (Å²) < 4.78 is 6.13. The maximum atomic E-state index is 11.4. The molecular weight excluding hydrogens is 182 g/mol. The van der Waals surface area contributed by atoms with E-state index in [4.69, 9.17) is 0 Å². The summed E-state index contributed by atoms with van der Waals surface area (Å²) in [6, 6.07) is 3.55. The smallest absolute Gasteiger partial charge is 0.357 e. The molecule has 0 radical (unpaired) electrons. The number of hydrogen-bond acceptors (Lipinski definition) is 4. The van der Waals surface area contributed by atoms with Crippen LogP contribution in [0.1, 0.15) is 10.5 Å². The van der Waals surface area contributed by atoms with Gasteiger partial charge < -0.3 is 4.74 Å². The molecule has 5 nitrogen and oxygen atoms in total. The van der Waals surface area contributed by atoms with Gasteiger partial charge in [-0.1, -0.05) is 0 Å². The molecule has 72 valence electrons. The number of aromatic nitrogens is 3. The summed E-state index contributed by atoms with van der Waals surface area (Å²) in [5.41, 5.74) is 0.978. The van der Waals surface area contributed by atoms with E-state index in [9.17, 15) is 4.79 Å². The molecule has 0 spiro atoms. The average Bonchev–Trinajstić information content (AvgIpc) is 2.53. The highest BCUT2D eigenvalue weighted by Crippen LogP contribution is 2.15. The molecule has 0 bridgehead atoms. The van der Waals surface area contributed by atoms with Gasteiger partial charge in [0.2, 0.25) is 0 Å². The number of carbonyl (C=O) groups is 1. The van der Waals surface area contributed by atoms with E-state index >= 15 is 0 Å². The van der Waals surface area contributed by atoms with Crippen LogP contribution in [0.25, 0.3) is 11.0 Å². The number of nitrogens with zero attached hydrogens (tertiary/aromatic N) is 3. The van der Waals surface area contributed by atoms with Gasteiger partial charge in [-0.25, -0.2) is 9.78 Å². The van der Waals surface area contributed by atoms with Crippen molar-refractivity contribution in [2.75, 3.05) is 7.11 Å². The third kappa shape index (κ3) is 1.14. The fourth-order valence-corrected chi connectivity index (χ4v) is 1.37. The highest BCUT2D eigenvalue weighted by molar-refractivity contribution is 6.01. The van der Waals surface area contributed by atoms with Gasteiger partial charge in [-0.2, -0.15) is 5.10 Å². The maximum absolute atomic E-state index is 11.4. The van der Waals surface area contributed by atoms with Crippen molar-refractivity contribution in [2.45, 2.75) is 0 Å². The topological polar surface area (TPSA) is 57.0 Å². The number of pyridine rings is 1. The molecule has 0 unspecified atom stereocenters. The lowest BCUT2D eigenvalue weighted by molar-refractivity contribution is 0.0590. The number of methoxy groups -OCH3 is 1. The van der Waals surface area contributed by atoms with Crippen molar-refractivity contribution in [1.29, 1.82) is 0 Å². The molecule has 0 saturated heterocycles. The van der Waals surface area contributed by atoms with Gasteiger partial charge in [0.1, 0.15) is 0 Å². The fourth-order valence-electron chi connectivity index (χ4n) is 1.37. The Bertz CT molecular complexity index is 490. The van der Waals surface area contributed by atoms with Crippen LogP contribution in [-0.2, 0) is 11.8 Å². The van der Waals surface area contributed by atoms with Gasteiger partial charge in [-0.3, -0.25) is 4.68 Å². The summed E-state index contributed by atoms with van der Waals surface area (Å²) in [6.07, 6.45) is 1.64. The Balaban J connectivity index is 2.74. The highest BCUT2D eigenvalue weighted by atomic mass is 16.5. The molecule has 2 heterocycles. The van der Waals surface area contributed by atoms with Gasteiger partial charge in [0.05, 0.1) is 12.5 Å². The Morgan fingerprint density at radius 2 is 2.36 bits per heavy atom. The van der Waals surface area contributed by atoms with E-state index < -0.39 is 5.97 Å². The molecule has 0 fully saturated rings. The predicted molar refractivity (Wildman–Crippen MR) is 49.8 cm³/mol. The maximum Gasteiger partial charge on any atom is 0.357 e. The molecular formula is C9H9N3O2. The number of fused-ring (bicyclic) bond motifs is 1. The number of rotatable bonds is 1. The van der Waals surface area contributed by atoms with Gasteiger partial charge in [0, 0.05) is 13.2 Å². The first-order chi connectivity index (χ1) is 6.74. The van der Waals surface area contributed by atoms with Gasteiger partial charge in [0.15, 0.2) is 11.3 Å². The zero-order valence-corrected chi connectivity index (χ0v) is 7.89. The van der Waals surface area contributed by atoms with Crippen molar-refractivity contribution in [3.8, 4) is 0 Å². The number of aryl methyl sites for hydroxylation is 1. The van der Waals surface area contributed by atoms with Crippen molar-refractivity contribution in [1.82, 2.24) is 14.8 Å². The Labute approximate surface area is 80.3 Å². The normalized spacial score (nSPS) is 10.4. The Kier molecular flexibility index (Phi) is 1.92. The van der Waals surface area contributed by atoms with Crippen molar-refractivity contribution >= 4 is 17.0 Å². The van der Waals surface area contributed by atoms with Crippen LogP contribution in [0.4, 0.5) is 0 Å². The van der Waals surface area contributed by atoms with Crippen molar-refractivity contribution in [2.24, 2.45) is 7.05 Å². The van der Waals surface area contributed by atoms with E-state index in [1.807, 2.05) is 0 Å². The molecule has 14 heavy (non-hydrogen) atoms. The van der Waals surface area contributed by atoms with Crippen molar-refractivity contribution in [3.63, 3.8) is 0 Å². The van der Waals surface area contributed by atoms with Crippen LogP contribution in [0.2, 0.25) is 0 Å². The van der Waals surface area contributed by atoms with Crippen LogP contribution in [-0.4, -0.2) is 27.8 Å². The van der Waals surface area contributed by atoms with Crippen LogP contribution in [0.3, 0.4) is 0 Å². The quantitative estimate of drug-likeness (QED) is 0.624. The molecule has 2 rings (SSSR count). The largest absolute Gasteiger partial charge is 0.464 e. The molecule has 0 saturated carbocycles.